The molecule has 3 rings (SSSR count). The summed E-state index contributed by atoms with van der Waals surface area (Å²) in [5.74, 6) is 0. The van der Waals surface area contributed by atoms with E-state index in [-0.39, 0.29) is 5.11 Å². The van der Waals surface area contributed by atoms with Crippen molar-refractivity contribution >= 4 is 52.4 Å². The summed E-state index contributed by atoms with van der Waals surface area (Å²) in [7, 11) is 0. The molecule has 2 aromatic carbocycles. The fourth-order valence-electron chi connectivity index (χ4n) is 3.07. The second-order valence-electron chi connectivity index (χ2n) is 6.34. The third-order valence-electron chi connectivity index (χ3n) is 4.37. The number of benzene rings is 2. The van der Waals surface area contributed by atoms with E-state index in [0.717, 1.165) is 49.0 Å². The van der Waals surface area contributed by atoms with Crippen LogP contribution in [-0.2, 0) is 6.54 Å². The molecule has 3 N–H and O–H groups in total. The molecule has 1 aliphatic rings. The van der Waals surface area contributed by atoms with Crippen molar-refractivity contribution in [3.63, 3.8) is 0 Å². The normalized spacial score (nSPS) is 15.3. The van der Waals surface area contributed by atoms with Gasteiger partial charge in [-0.2, -0.15) is 5.10 Å². The van der Waals surface area contributed by atoms with Crippen LogP contribution in [0.3, 0.4) is 0 Å². The summed E-state index contributed by atoms with van der Waals surface area (Å²) in [5, 5.41) is 5.57. The van der Waals surface area contributed by atoms with Crippen LogP contribution >= 0.6 is 35.4 Å². The Hall–Kier alpha value is -1.86. The highest BCUT2D eigenvalue weighted by Crippen LogP contribution is 2.27. The predicted octanol–water partition coefficient (Wildman–Crippen LogP) is 3.48. The fourth-order valence-corrected chi connectivity index (χ4v) is 3.64. The highest BCUT2D eigenvalue weighted by Gasteiger charge is 2.19. The quantitative estimate of drug-likeness (QED) is 0.439. The Morgan fingerprint density at radius 3 is 2.59 bits per heavy atom. The Balaban J connectivity index is 1.57. The number of thiocarbonyl (C=S) groups is 1. The summed E-state index contributed by atoms with van der Waals surface area (Å²) in [4.78, 5) is 4.74. The molecule has 5 nitrogen and oxygen atoms in total. The van der Waals surface area contributed by atoms with Crippen molar-refractivity contribution in [2.24, 2.45) is 10.8 Å². The fraction of sp³-hybridized carbons (Fsp3) is 0.263. The third kappa shape index (κ3) is 5.81. The lowest BCUT2D eigenvalue weighted by Gasteiger charge is -2.36. The lowest BCUT2D eigenvalue weighted by molar-refractivity contribution is 0.250. The summed E-state index contributed by atoms with van der Waals surface area (Å²) in [6, 6.07) is 13.9. The van der Waals surface area contributed by atoms with Gasteiger partial charge >= 0.3 is 0 Å². The second-order valence-corrected chi connectivity index (χ2v) is 7.62. The number of rotatable bonds is 5. The van der Waals surface area contributed by atoms with Crippen LogP contribution in [0.4, 0.5) is 5.69 Å². The van der Waals surface area contributed by atoms with Gasteiger partial charge < -0.3 is 10.6 Å². The number of halogens is 2. The molecule has 8 heteroatoms. The minimum absolute atomic E-state index is 0.129. The Morgan fingerprint density at radius 1 is 1.15 bits per heavy atom. The molecule has 0 unspecified atom stereocenters. The van der Waals surface area contributed by atoms with Crippen LogP contribution in [-0.4, -0.2) is 42.4 Å². The van der Waals surface area contributed by atoms with Crippen molar-refractivity contribution in [1.82, 2.24) is 10.3 Å². The number of hydrogen-bond donors (Lipinski definition) is 2. The van der Waals surface area contributed by atoms with Crippen LogP contribution in [0.15, 0.2) is 47.6 Å². The summed E-state index contributed by atoms with van der Waals surface area (Å²) in [6.07, 6.45) is 1.64. The predicted molar refractivity (Wildman–Crippen MR) is 118 cm³/mol. The van der Waals surface area contributed by atoms with Crippen molar-refractivity contribution in [1.29, 1.82) is 0 Å². The maximum Gasteiger partial charge on any atom is 0.184 e. The van der Waals surface area contributed by atoms with E-state index in [1.807, 2.05) is 36.4 Å². The number of piperazine rings is 1. The van der Waals surface area contributed by atoms with Gasteiger partial charge in [0.1, 0.15) is 0 Å². The van der Waals surface area contributed by atoms with Gasteiger partial charge in [0.2, 0.25) is 0 Å². The molecule has 2 aromatic rings. The molecule has 0 saturated carbocycles. The summed E-state index contributed by atoms with van der Waals surface area (Å²) in [5.41, 5.74) is 11.0. The minimum Gasteiger partial charge on any atom is -0.375 e. The van der Waals surface area contributed by atoms with E-state index < -0.39 is 0 Å². The van der Waals surface area contributed by atoms with Gasteiger partial charge in [-0.3, -0.25) is 10.3 Å². The van der Waals surface area contributed by atoms with Gasteiger partial charge in [-0.25, -0.2) is 0 Å². The molecule has 0 radical (unpaired) electrons. The maximum absolute atomic E-state index is 6.49. The van der Waals surface area contributed by atoms with Crippen LogP contribution in [0, 0.1) is 0 Å². The van der Waals surface area contributed by atoms with E-state index in [2.05, 4.69) is 26.4 Å². The number of hydrogen-bond acceptors (Lipinski definition) is 4. The Labute approximate surface area is 174 Å². The first kappa shape index (κ1) is 19.9. The third-order valence-corrected chi connectivity index (χ3v) is 5.00. The van der Waals surface area contributed by atoms with E-state index in [1.165, 1.54) is 5.56 Å². The zero-order valence-electron chi connectivity index (χ0n) is 14.7. The Morgan fingerprint density at radius 2 is 1.93 bits per heavy atom. The monoisotopic (exact) mass is 421 g/mol. The number of anilines is 1. The summed E-state index contributed by atoms with van der Waals surface area (Å²) < 4.78 is 0. The van der Waals surface area contributed by atoms with Crippen molar-refractivity contribution in [2.75, 3.05) is 31.1 Å². The summed E-state index contributed by atoms with van der Waals surface area (Å²) in [6.45, 7) is 4.72. The van der Waals surface area contributed by atoms with Crippen molar-refractivity contribution in [3.05, 3.63) is 63.6 Å². The number of hydrazone groups is 1. The van der Waals surface area contributed by atoms with Gasteiger partial charge in [0.25, 0.3) is 0 Å². The highest BCUT2D eigenvalue weighted by molar-refractivity contribution is 7.80. The molecule has 1 aliphatic heterocycles. The molecule has 0 aromatic heterocycles. The van der Waals surface area contributed by atoms with Gasteiger partial charge in [-0.05, 0) is 47.6 Å². The highest BCUT2D eigenvalue weighted by atomic mass is 35.5. The van der Waals surface area contributed by atoms with Gasteiger partial charge in [0, 0.05) is 37.7 Å². The SMILES string of the molecule is NC(=S)N/N=C/c1ccc(N2CCN(Cc3cccc(Cl)c3)CC2)c(Cl)c1. The van der Waals surface area contributed by atoms with E-state index >= 15 is 0 Å². The largest absolute Gasteiger partial charge is 0.375 e. The molecule has 27 heavy (non-hydrogen) atoms. The molecule has 1 saturated heterocycles. The first-order valence-corrected chi connectivity index (χ1v) is 9.77. The van der Waals surface area contributed by atoms with Gasteiger partial charge in [0.15, 0.2) is 5.11 Å². The first-order valence-electron chi connectivity index (χ1n) is 8.61. The zero-order valence-corrected chi connectivity index (χ0v) is 17.1. The molecule has 0 amide bonds. The molecule has 0 aliphatic carbocycles. The molecule has 0 bridgehead atoms. The second kappa shape index (κ2) is 9.37. The Bertz CT molecular complexity index is 835. The molecular weight excluding hydrogens is 401 g/mol. The van der Waals surface area contributed by atoms with Crippen LogP contribution in [0.2, 0.25) is 10.0 Å². The molecule has 0 atom stereocenters. The first-order chi connectivity index (χ1) is 13.0. The van der Waals surface area contributed by atoms with Crippen LogP contribution < -0.4 is 16.1 Å². The lowest BCUT2D eigenvalue weighted by Crippen LogP contribution is -2.46. The minimum atomic E-state index is 0.129. The van der Waals surface area contributed by atoms with Crippen LogP contribution in [0.5, 0.6) is 0 Å². The van der Waals surface area contributed by atoms with Crippen LogP contribution in [0.25, 0.3) is 0 Å². The van der Waals surface area contributed by atoms with Crippen LogP contribution in [0.1, 0.15) is 11.1 Å². The van der Waals surface area contributed by atoms with Gasteiger partial charge in [0.05, 0.1) is 16.9 Å². The smallest absolute Gasteiger partial charge is 0.184 e. The number of nitrogens with two attached hydrogens (primary N) is 1. The van der Waals surface area contributed by atoms with Crippen molar-refractivity contribution in [3.8, 4) is 0 Å². The number of nitrogens with zero attached hydrogens (tertiary/aromatic N) is 3. The van der Waals surface area contributed by atoms with Gasteiger partial charge in [-0.15, -0.1) is 0 Å². The average Bonchev–Trinajstić information content (AvgIpc) is 2.62. The summed E-state index contributed by atoms with van der Waals surface area (Å²) >= 11 is 17.3. The van der Waals surface area contributed by atoms with Crippen molar-refractivity contribution in [2.45, 2.75) is 6.54 Å². The zero-order chi connectivity index (χ0) is 19.2. The lowest BCUT2D eigenvalue weighted by atomic mass is 10.1. The van der Waals surface area contributed by atoms with Crippen molar-refractivity contribution < 1.29 is 0 Å². The standard InChI is InChI=1S/C19H21Cl2N5S/c20-16-3-1-2-15(10-16)13-25-6-8-26(9-7-25)18-5-4-14(11-17(18)21)12-23-24-19(22)27/h1-5,10-12H,6-9,13H2,(H3,22,24,27)/b23-12+. The molecule has 142 valence electrons. The maximum atomic E-state index is 6.49. The van der Waals surface area contributed by atoms with E-state index in [0.29, 0.717) is 5.02 Å². The number of nitrogens with one attached hydrogen (secondary N) is 1. The molecule has 0 spiro atoms. The average molecular weight is 422 g/mol. The van der Waals surface area contributed by atoms with Gasteiger partial charge in [-0.1, -0.05) is 41.4 Å². The topological polar surface area (TPSA) is 56.9 Å². The van der Waals surface area contributed by atoms with E-state index in [9.17, 15) is 0 Å². The molecular formula is C19H21Cl2N5S. The molecule has 1 heterocycles. The van der Waals surface area contributed by atoms with E-state index in [1.54, 1.807) is 6.21 Å². The Kier molecular flexibility index (Phi) is 6.90. The molecule has 1 fully saturated rings. The van der Waals surface area contributed by atoms with E-state index in [4.69, 9.17) is 41.2 Å².